The second kappa shape index (κ2) is 5.65. The maximum absolute atomic E-state index is 13.2. The number of rotatable bonds is 4. The van der Waals surface area contributed by atoms with E-state index >= 15 is 0 Å². The van der Waals surface area contributed by atoms with Gasteiger partial charge in [0.2, 0.25) is 5.82 Å². The molecular weight excluding hydrogens is 263 g/mol. The molecule has 1 rings (SSSR count). The van der Waals surface area contributed by atoms with Crippen molar-refractivity contribution in [3.63, 3.8) is 0 Å². The predicted octanol–water partition coefficient (Wildman–Crippen LogP) is 2.88. The van der Waals surface area contributed by atoms with Gasteiger partial charge in [-0.2, -0.15) is 13.2 Å². The second-order valence-corrected chi connectivity index (χ2v) is 2.96. The molecule has 0 unspecified atom stereocenters. The van der Waals surface area contributed by atoms with E-state index in [-0.39, 0.29) is 6.61 Å². The van der Waals surface area contributed by atoms with E-state index in [9.17, 15) is 26.7 Å². The van der Waals surface area contributed by atoms with Gasteiger partial charge in [-0.25, -0.2) is 13.6 Å². The molecule has 0 saturated heterocycles. The molecule has 0 aromatic heterocycles. The molecule has 0 heterocycles. The molecule has 0 saturated carbocycles. The van der Waals surface area contributed by atoms with Crippen molar-refractivity contribution >= 4 is 5.97 Å². The highest BCUT2D eigenvalue weighted by Gasteiger charge is 2.25. The molecule has 100 valence electrons. The number of carbonyl (C=O) groups excluding carboxylic acids is 1. The van der Waals surface area contributed by atoms with Crippen molar-refractivity contribution in [1.82, 2.24) is 0 Å². The van der Waals surface area contributed by atoms with Crippen LogP contribution in [0.4, 0.5) is 22.0 Å². The first kappa shape index (κ1) is 14.2. The highest BCUT2D eigenvalue weighted by molar-refractivity contribution is 5.90. The van der Waals surface area contributed by atoms with E-state index in [1.165, 1.54) is 6.92 Å². The van der Waals surface area contributed by atoms with E-state index < -0.39 is 41.3 Å². The maximum atomic E-state index is 13.2. The molecule has 0 radical (unpaired) electrons. The van der Waals surface area contributed by atoms with E-state index in [1.54, 1.807) is 0 Å². The van der Waals surface area contributed by atoms with Crippen molar-refractivity contribution in [3.8, 4) is 5.75 Å². The van der Waals surface area contributed by atoms with Crippen LogP contribution in [0.5, 0.6) is 5.75 Å². The average Bonchev–Trinajstić information content (AvgIpc) is 2.29. The molecule has 0 fully saturated rings. The third kappa shape index (κ3) is 2.88. The van der Waals surface area contributed by atoms with Crippen LogP contribution in [-0.4, -0.2) is 19.2 Å². The van der Waals surface area contributed by atoms with Crippen LogP contribution in [0.3, 0.4) is 0 Å². The van der Waals surface area contributed by atoms with Gasteiger partial charge < -0.3 is 9.47 Å². The Bertz CT molecular complexity index is 461. The summed E-state index contributed by atoms with van der Waals surface area (Å²) in [5.41, 5.74) is -1.02. The number of alkyl halides is 2. The quantitative estimate of drug-likeness (QED) is 0.479. The summed E-state index contributed by atoms with van der Waals surface area (Å²) in [6.45, 7) is -2.20. The Balaban J connectivity index is 3.27. The van der Waals surface area contributed by atoms with Gasteiger partial charge in [0.15, 0.2) is 17.4 Å². The van der Waals surface area contributed by atoms with Gasteiger partial charge in [0, 0.05) is 6.07 Å². The van der Waals surface area contributed by atoms with Crippen molar-refractivity contribution in [2.75, 3.05) is 6.61 Å². The van der Waals surface area contributed by atoms with Crippen LogP contribution in [0, 0.1) is 17.5 Å². The Kier molecular flexibility index (Phi) is 4.46. The zero-order valence-electron chi connectivity index (χ0n) is 8.98. The maximum Gasteiger partial charge on any atom is 0.387 e. The van der Waals surface area contributed by atoms with Gasteiger partial charge in [-0.15, -0.1) is 0 Å². The third-order valence-electron chi connectivity index (χ3n) is 1.83. The molecule has 0 aliphatic carbocycles. The van der Waals surface area contributed by atoms with E-state index in [1.807, 2.05) is 0 Å². The van der Waals surface area contributed by atoms with Crippen molar-refractivity contribution in [3.05, 3.63) is 29.1 Å². The van der Waals surface area contributed by atoms with Crippen LogP contribution in [0.2, 0.25) is 0 Å². The van der Waals surface area contributed by atoms with E-state index in [4.69, 9.17) is 0 Å². The fourth-order valence-electron chi connectivity index (χ4n) is 1.12. The largest absolute Gasteiger partial charge is 0.462 e. The topological polar surface area (TPSA) is 35.5 Å². The Morgan fingerprint density at radius 3 is 2.33 bits per heavy atom. The van der Waals surface area contributed by atoms with Crippen LogP contribution < -0.4 is 4.74 Å². The highest BCUT2D eigenvalue weighted by atomic mass is 19.3. The summed E-state index contributed by atoms with van der Waals surface area (Å²) in [5, 5.41) is 0. The molecule has 0 spiro atoms. The normalized spacial score (nSPS) is 10.6. The highest BCUT2D eigenvalue weighted by Crippen LogP contribution is 2.27. The SMILES string of the molecule is CCOC(=O)c1cc(OC(F)F)c(F)c(F)c1F. The molecule has 0 N–H and O–H groups in total. The first-order valence-corrected chi connectivity index (χ1v) is 4.67. The molecule has 1 aromatic carbocycles. The third-order valence-corrected chi connectivity index (χ3v) is 1.83. The van der Waals surface area contributed by atoms with Crippen LogP contribution >= 0.6 is 0 Å². The van der Waals surface area contributed by atoms with Crippen LogP contribution in [0.15, 0.2) is 6.07 Å². The van der Waals surface area contributed by atoms with Crippen LogP contribution in [-0.2, 0) is 4.74 Å². The summed E-state index contributed by atoms with van der Waals surface area (Å²) in [5.74, 6) is -8.44. The van der Waals surface area contributed by atoms with Crippen LogP contribution in [0.1, 0.15) is 17.3 Å². The molecule has 0 bridgehead atoms. The van der Waals surface area contributed by atoms with Gasteiger partial charge >= 0.3 is 12.6 Å². The lowest BCUT2D eigenvalue weighted by molar-refractivity contribution is -0.0527. The van der Waals surface area contributed by atoms with E-state index in [2.05, 4.69) is 9.47 Å². The summed E-state index contributed by atoms with van der Waals surface area (Å²) < 4.78 is 71.0. The fourth-order valence-corrected chi connectivity index (χ4v) is 1.12. The van der Waals surface area contributed by atoms with Gasteiger partial charge in [-0.3, -0.25) is 0 Å². The predicted molar refractivity (Wildman–Crippen MR) is 48.9 cm³/mol. The summed E-state index contributed by atoms with van der Waals surface area (Å²) in [4.78, 5) is 11.2. The zero-order valence-corrected chi connectivity index (χ0v) is 8.98. The number of benzene rings is 1. The smallest absolute Gasteiger partial charge is 0.387 e. The summed E-state index contributed by atoms with van der Waals surface area (Å²) in [7, 11) is 0. The van der Waals surface area contributed by atoms with Gasteiger partial charge in [0.1, 0.15) is 5.56 Å². The molecule has 18 heavy (non-hydrogen) atoms. The minimum atomic E-state index is -3.44. The molecule has 0 amide bonds. The van der Waals surface area contributed by atoms with Gasteiger partial charge in [-0.1, -0.05) is 0 Å². The Labute approximate surface area is 98.1 Å². The molecule has 0 aliphatic heterocycles. The summed E-state index contributed by atoms with van der Waals surface area (Å²) in [6, 6.07) is 0.317. The molecule has 1 aromatic rings. The lowest BCUT2D eigenvalue weighted by atomic mass is 10.2. The van der Waals surface area contributed by atoms with Crippen molar-refractivity contribution in [2.24, 2.45) is 0 Å². The number of hydrogen-bond donors (Lipinski definition) is 0. The number of ether oxygens (including phenoxy) is 2. The average molecular weight is 270 g/mol. The monoisotopic (exact) mass is 270 g/mol. The zero-order chi connectivity index (χ0) is 13.9. The molecule has 8 heteroatoms. The van der Waals surface area contributed by atoms with Crippen molar-refractivity contribution < 1.29 is 36.2 Å². The fraction of sp³-hybridized carbons (Fsp3) is 0.300. The van der Waals surface area contributed by atoms with Gasteiger partial charge in [0.25, 0.3) is 0 Å². The summed E-state index contributed by atoms with van der Waals surface area (Å²) >= 11 is 0. The van der Waals surface area contributed by atoms with Gasteiger partial charge in [-0.05, 0) is 6.92 Å². The first-order valence-electron chi connectivity index (χ1n) is 4.67. The Morgan fingerprint density at radius 2 is 1.83 bits per heavy atom. The lowest BCUT2D eigenvalue weighted by Gasteiger charge is -2.10. The minimum Gasteiger partial charge on any atom is -0.462 e. The van der Waals surface area contributed by atoms with Crippen molar-refractivity contribution in [1.29, 1.82) is 0 Å². The number of halogens is 5. The Morgan fingerprint density at radius 1 is 1.22 bits per heavy atom. The minimum absolute atomic E-state index is 0.150. The summed E-state index contributed by atoms with van der Waals surface area (Å²) in [6.07, 6.45) is 0. The van der Waals surface area contributed by atoms with Crippen LogP contribution in [0.25, 0.3) is 0 Å². The standard InChI is InChI=1S/C10H7F5O3/c1-2-17-9(16)4-3-5(18-10(14)15)7(12)8(13)6(4)11/h3,10H,2H2,1H3. The van der Waals surface area contributed by atoms with Gasteiger partial charge in [0.05, 0.1) is 6.61 Å². The number of esters is 1. The Hall–Kier alpha value is -1.86. The molecular formula is C10H7F5O3. The lowest BCUT2D eigenvalue weighted by Crippen LogP contribution is -2.12. The second-order valence-electron chi connectivity index (χ2n) is 2.96. The van der Waals surface area contributed by atoms with Crippen molar-refractivity contribution in [2.45, 2.75) is 13.5 Å². The van der Waals surface area contributed by atoms with E-state index in [0.29, 0.717) is 6.07 Å². The molecule has 3 nitrogen and oxygen atoms in total. The number of carbonyl (C=O) groups is 1. The first-order chi connectivity index (χ1) is 8.38. The number of hydrogen-bond acceptors (Lipinski definition) is 3. The molecule has 0 atom stereocenters. The molecule has 0 aliphatic rings. The van der Waals surface area contributed by atoms with E-state index in [0.717, 1.165) is 0 Å².